The molecule has 14 nitrogen and oxygen atoms in total. The highest BCUT2D eigenvalue weighted by Gasteiger charge is 2.49. The van der Waals surface area contributed by atoms with Gasteiger partial charge in [0.25, 0.3) is 0 Å². The zero-order valence-electron chi connectivity index (χ0n) is 28.6. The monoisotopic (exact) mass is 764 g/mol. The lowest BCUT2D eigenvalue weighted by Crippen LogP contribution is -2.61. The largest absolute Gasteiger partial charge is 0.508 e. The first-order valence-electron chi connectivity index (χ1n) is 16.8. The third-order valence-electron chi connectivity index (χ3n) is 8.77. The number of aryl methyl sites for hydroxylation is 2. The highest BCUT2D eigenvalue weighted by molar-refractivity contribution is 5.88. The van der Waals surface area contributed by atoms with Crippen LogP contribution in [-0.4, -0.2) is 79.9 Å². The molecule has 0 unspecified atom stereocenters. The predicted octanol–water partition coefficient (Wildman–Crippen LogP) is 4.11. The molecule has 1 aliphatic rings. The number of hydrogen-bond donors (Lipinski definition) is 6. The summed E-state index contributed by atoms with van der Waals surface area (Å²) in [5.41, 5.74) is -0.229. The van der Waals surface area contributed by atoms with Crippen molar-refractivity contribution < 1.29 is 72.4 Å². The molecule has 5 aromatic rings. The maximum Gasteiger partial charge on any atom is 0.306 e. The minimum Gasteiger partial charge on any atom is -0.508 e. The minimum atomic E-state index is -1.98. The number of phenols is 4. The average Bonchev–Trinajstić information content (AvgIpc) is 3.15. The lowest BCUT2D eigenvalue weighted by Gasteiger charge is -2.41. The second-order valence-electron chi connectivity index (χ2n) is 12.7. The van der Waals surface area contributed by atoms with Gasteiger partial charge in [0.1, 0.15) is 59.0 Å². The molecule has 1 aliphatic heterocycles. The van der Waals surface area contributed by atoms with Crippen LogP contribution in [0.4, 0.5) is 8.78 Å². The van der Waals surface area contributed by atoms with Crippen LogP contribution in [0.1, 0.15) is 24.0 Å². The average molecular weight is 765 g/mol. The van der Waals surface area contributed by atoms with Gasteiger partial charge < -0.3 is 54.0 Å². The number of esters is 2. The summed E-state index contributed by atoms with van der Waals surface area (Å²) in [5.74, 6) is -6.13. The van der Waals surface area contributed by atoms with E-state index in [-0.39, 0.29) is 36.8 Å². The van der Waals surface area contributed by atoms with E-state index in [9.17, 15) is 53.8 Å². The molecule has 1 saturated heterocycles. The molecular formula is C39H34F2O14. The number of carbonyl (C=O) groups is 2. The number of ether oxygens (including phenoxy) is 4. The van der Waals surface area contributed by atoms with Gasteiger partial charge in [-0.25, -0.2) is 8.78 Å². The Morgan fingerprint density at radius 1 is 0.727 bits per heavy atom. The van der Waals surface area contributed by atoms with Crippen LogP contribution in [0.15, 0.2) is 88.1 Å². The summed E-state index contributed by atoms with van der Waals surface area (Å²) >= 11 is 0. The molecule has 0 spiro atoms. The van der Waals surface area contributed by atoms with Gasteiger partial charge in [0.05, 0.1) is 0 Å². The normalized spacial score (nSPS) is 19.5. The van der Waals surface area contributed by atoms with Crippen LogP contribution in [0, 0.1) is 11.6 Å². The van der Waals surface area contributed by atoms with Gasteiger partial charge in [-0.3, -0.25) is 14.4 Å². The molecule has 2 heterocycles. The first-order chi connectivity index (χ1) is 26.3. The maximum atomic E-state index is 14.0. The van der Waals surface area contributed by atoms with Gasteiger partial charge in [-0.05, 0) is 66.4 Å². The molecule has 16 heteroatoms. The standard InChI is InChI=1S/C39H34F2O14/c40-22-8-1-19(2-9-22)5-13-30(46)51-18-29-33(48)35(50)38(54-31(47)14-6-20-3-10-23(41)11-4-20)39(53-29)55-37-34(49)32-27(45)16-24(42)17-28(32)52-36(37)21-7-12-25(43)26(44)15-21/h1-4,7-12,15-17,29,33,35,38-39,42-45,48,50H,5-6,13-14,18H2/t29-,33+,35+,38-,39+/m1/s1. The lowest BCUT2D eigenvalue weighted by atomic mass is 9.98. The van der Waals surface area contributed by atoms with Gasteiger partial charge in [0.15, 0.2) is 23.4 Å². The summed E-state index contributed by atoms with van der Waals surface area (Å²) in [6.07, 6.45) is -9.33. The molecule has 5 atom stereocenters. The Hall–Kier alpha value is -6.23. The van der Waals surface area contributed by atoms with E-state index in [1.165, 1.54) is 54.6 Å². The quantitative estimate of drug-likeness (QED) is 0.0778. The van der Waals surface area contributed by atoms with Gasteiger partial charge in [0, 0.05) is 30.5 Å². The Bertz CT molecular complexity index is 2240. The highest BCUT2D eigenvalue weighted by atomic mass is 19.1. The molecule has 288 valence electrons. The number of phenolic OH excluding ortho intramolecular Hbond substituents is 4. The molecule has 1 fully saturated rings. The van der Waals surface area contributed by atoms with Crippen molar-refractivity contribution in [3.63, 3.8) is 0 Å². The fraction of sp³-hybridized carbons (Fsp3) is 0.256. The number of rotatable bonds is 12. The van der Waals surface area contributed by atoms with Crippen LogP contribution >= 0.6 is 0 Å². The number of carbonyl (C=O) groups excluding carboxylic acids is 2. The van der Waals surface area contributed by atoms with Crippen molar-refractivity contribution in [1.29, 1.82) is 0 Å². The van der Waals surface area contributed by atoms with Gasteiger partial charge in [0.2, 0.25) is 17.5 Å². The molecule has 6 N–H and O–H groups in total. The van der Waals surface area contributed by atoms with Crippen LogP contribution in [0.5, 0.6) is 28.7 Å². The van der Waals surface area contributed by atoms with E-state index in [1.807, 2.05) is 0 Å². The molecule has 0 amide bonds. The number of aromatic hydroxyl groups is 4. The molecule has 0 aliphatic carbocycles. The first kappa shape index (κ1) is 38.5. The zero-order chi connectivity index (χ0) is 39.4. The number of fused-ring (bicyclic) bond motifs is 1. The topological polar surface area (TPSA) is 223 Å². The molecule has 1 aromatic heterocycles. The van der Waals surface area contributed by atoms with Crippen molar-refractivity contribution in [1.82, 2.24) is 0 Å². The van der Waals surface area contributed by atoms with Gasteiger partial charge in [-0.1, -0.05) is 24.3 Å². The SMILES string of the molecule is O=C(CCc1ccc(F)cc1)OC[C@H]1O[C@@H](Oc2c(-c3ccc(O)c(O)c3)oc3cc(O)cc(O)c3c2=O)[C@H](OC(=O)CCc2ccc(F)cc2)[C@@H](O)[C@H]1O. The Balaban J connectivity index is 1.31. The highest BCUT2D eigenvalue weighted by Crippen LogP contribution is 2.39. The smallest absolute Gasteiger partial charge is 0.306 e. The summed E-state index contributed by atoms with van der Waals surface area (Å²) in [6.45, 7) is -0.656. The molecule has 0 radical (unpaired) electrons. The van der Waals surface area contributed by atoms with Crippen molar-refractivity contribution in [3.05, 3.63) is 112 Å². The summed E-state index contributed by atoms with van der Waals surface area (Å²) in [6, 6.07) is 16.0. The number of aliphatic hydroxyl groups is 2. The molecular weight excluding hydrogens is 730 g/mol. The third kappa shape index (κ3) is 8.95. The lowest BCUT2D eigenvalue weighted by molar-refractivity contribution is -0.283. The maximum absolute atomic E-state index is 14.0. The van der Waals surface area contributed by atoms with Gasteiger partial charge >= 0.3 is 11.9 Å². The molecule has 6 rings (SSSR count). The van der Waals surface area contributed by atoms with E-state index in [1.54, 1.807) is 0 Å². The van der Waals surface area contributed by atoms with E-state index in [2.05, 4.69) is 0 Å². The van der Waals surface area contributed by atoms with E-state index >= 15 is 0 Å². The van der Waals surface area contributed by atoms with Crippen molar-refractivity contribution in [3.8, 4) is 40.1 Å². The fourth-order valence-electron chi connectivity index (χ4n) is 5.86. The van der Waals surface area contributed by atoms with E-state index in [4.69, 9.17) is 23.4 Å². The second-order valence-corrected chi connectivity index (χ2v) is 12.7. The Morgan fingerprint density at radius 3 is 1.96 bits per heavy atom. The zero-order valence-corrected chi connectivity index (χ0v) is 28.6. The summed E-state index contributed by atoms with van der Waals surface area (Å²) in [5, 5.41) is 62.7. The molecule has 55 heavy (non-hydrogen) atoms. The van der Waals surface area contributed by atoms with E-state index < -0.39 is 106 Å². The number of hydrogen-bond acceptors (Lipinski definition) is 14. The van der Waals surface area contributed by atoms with Crippen molar-refractivity contribution in [2.75, 3.05) is 6.61 Å². The Morgan fingerprint density at radius 2 is 1.35 bits per heavy atom. The van der Waals surface area contributed by atoms with Crippen LogP contribution in [0.25, 0.3) is 22.3 Å². The Kier molecular flexibility index (Phi) is 11.5. The summed E-state index contributed by atoms with van der Waals surface area (Å²) < 4.78 is 55.2. The van der Waals surface area contributed by atoms with Crippen LogP contribution < -0.4 is 10.2 Å². The first-order valence-corrected chi connectivity index (χ1v) is 16.8. The van der Waals surface area contributed by atoms with Crippen LogP contribution in [0.3, 0.4) is 0 Å². The Labute approximate surface area is 309 Å². The summed E-state index contributed by atoms with van der Waals surface area (Å²) in [7, 11) is 0. The van der Waals surface area contributed by atoms with Gasteiger partial charge in [-0.2, -0.15) is 0 Å². The minimum absolute atomic E-state index is 0.0667. The third-order valence-corrected chi connectivity index (χ3v) is 8.77. The van der Waals surface area contributed by atoms with Crippen LogP contribution in [0.2, 0.25) is 0 Å². The van der Waals surface area contributed by atoms with Crippen molar-refractivity contribution in [2.45, 2.75) is 56.4 Å². The van der Waals surface area contributed by atoms with Crippen molar-refractivity contribution in [2.24, 2.45) is 0 Å². The van der Waals surface area contributed by atoms with E-state index in [0.29, 0.717) is 11.1 Å². The fourth-order valence-corrected chi connectivity index (χ4v) is 5.86. The number of benzene rings is 4. The molecule has 0 bridgehead atoms. The van der Waals surface area contributed by atoms with Gasteiger partial charge in [-0.15, -0.1) is 0 Å². The van der Waals surface area contributed by atoms with Crippen molar-refractivity contribution >= 4 is 22.9 Å². The number of halogens is 2. The second kappa shape index (κ2) is 16.4. The van der Waals surface area contributed by atoms with Crippen LogP contribution in [-0.2, 0) is 36.6 Å². The molecule has 0 saturated carbocycles. The molecule has 4 aromatic carbocycles. The predicted molar refractivity (Wildman–Crippen MR) is 186 cm³/mol. The number of aliphatic hydroxyl groups excluding tert-OH is 2. The van der Waals surface area contributed by atoms with E-state index in [0.717, 1.165) is 24.3 Å². The summed E-state index contributed by atoms with van der Waals surface area (Å²) in [4.78, 5) is 39.7.